The fourth-order valence-electron chi connectivity index (χ4n) is 5.77. The fraction of sp³-hybridized carbons (Fsp3) is 0.517. The Morgan fingerprint density at radius 1 is 0.968 bits per heavy atom. The van der Waals surface area contributed by atoms with E-state index in [1.54, 1.807) is 0 Å². The summed E-state index contributed by atoms with van der Waals surface area (Å²) < 4.78 is 0. The van der Waals surface area contributed by atoms with Crippen molar-refractivity contribution in [1.82, 2.24) is 0 Å². The Morgan fingerprint density at radius 3 is 2.19 bits per heavy atom. The van der Waals surface area contributed by atoms with E-state index in [1.807, 2.05) is 0 Å². The van der Waals surface area contributed by atoms with Gasteiger partial charge >= 0.3 is 0 Å². The zero-order valence-electron chi connectivity index (χ0n) is 18.9. The molecule has 2 saturated carbocycles. The van der Waals surface area contributed by atoms with E-state index >= 15 is 0 Å². The van der Waals surface area contributed by atoms with E-state index in [2.05, 4.69) is 61.5 Å². The van der Waals surface area contributed by atoms with Gasteiger partial charge in [-0.1, -0.05) is 61.9 Å². The van der Waals surface area contributed by atoms with Crippen molar-refractivity contribution in [2.45, 2.75) is 83.5 Å². The van der Waals surface area contributed by atoms with Gasteiger partial charge in [-0.2, -0.15) is 5.26 Å². The van der Waals surface area contributed by atoms with Crippen LogP contribution in [0.2, 0.25) is 0 Å². The number of unbranched alkanes of at least 4 members (excludes halogenated alkanes) is 1. The van der Waals surface area contributed by atoms with Gasteiger partial charge in [0, 0.05) is 12.8 Å². The number of hydrogen-bond donors (Lipinski definition) is 0. The molecule has 0 heterocycles. The van der Waals surface area contributed by atoms with E-state index in [-0.39, 0.29) is 11.3 Å². The van der Waals surface area contributed by atoms with Crippen molar-refractivity contribution in [2.24, 2.45) is 11.3 Å². The van der Waals surface area contributed by atoms with Gasteiger partial charge in [0.1, 0.15) is 5.78 Å². The van der Waals surface area contributed by atoms with E-state index < -0.39 is 0 Å². The molecule has 0 aliphatic heterocycles. The van der Waals surface area contributed by atoms with Crippen molar-refractivity contribution in [3.63, 3.8) is 0 Å². The van der Waals surface area contributed by atoms with E-state index in [1.165, 1.54) is 35.1 Å². The lowest BCUT2D eigenvalue weighted by Crippen LogP contribution is -2.36. The molecule has 162 valence electrons. The Hall–Kier alpha value is -2.40. The first kappa shape index (κ1) is 21.8. The van der Waals surface area contributed by atoms with Gasteiger partial charge in [-0.25, -0.2) is 0 Å². The summed E-state index contributed by atoms with van der Waals surface area (Å²) in [6.07, 6.45) is 11.0. The highest BCUT2D eigenvalue weighted by Gasteiger charge is 2.43. The average Bonchev–Trinajstić information content (AvgIpc) is 2.83. The van der Waals surface area contributed by atoms with Crippen LogP contribution in [0.5, 0.6) is 0 Å². The number of carbonyl (C=O) groups excluding carboxylic acids is 1. The first-order valence-electron chi connectivity index (χ1n) is 12.3. The van der Waals surface area contributed by atoms with Crippen LogP contribution in [0.15, 0.2) is 48.5 Å². The molecule has 2 aliphatic carbocycles. The highest BCUT2D eigenvalue weighted by molar-refractivity contribution is 5.79. The van der Waals surface area contributed by atoms with Gasteiger partial charge in [0.15, 0.2) is 0 Å². The van der Waals surface area contributed by atoms with Crippen LogP contribution < -0.4 is 0 Å². The lowest BCUT2D eigenvalue weighted by atomic mass is 9.60. The number of Topliss-reactive ketones (excluding diaryl/α,β-unsaturated/α-hetero) is 1. The molecule has 31 heavy (non-hydrogen) atoms. The molecular weight excluding hydrogens is 378 g/mol. The molecule has 0 amide bonds. The monoisotopic (exact) mass is 413 g/mol. The van der Waals surface area contributed by atoms with Crippen LogP contribution in [0.25, 0.3) is 11.1 Å². The second-order valence-electron chi connectivity index (χ2n) is 9.80. The third-order valence-corrected chi connectivity index (χ3v) is 7.85. The number of benzene rings is 2. The minimum Gasteiger partial charge on any atom is -0.300 e. The summed E-state index contributed by atoms with van der Waals surface area (Å²) in [5.41, 5.74) is 5.10. The minimum atomic E-state index is -0.272. The molecule has 2 aromatic carbocycles. The maximum atomic E-state index is 12.0. The number of ketones is 1. The van der Waals surface area contributed by atoms with Crippen molar-refractivity contribution in [2.75, 3.05) is 0 Å². The second kappa shape index (κ2) is 9.82. The Bertz CT molecular complexity index is 911. The molecular formula is C29H35NO. The number of hydrogen-bond acceptors (Lipinski definition) is 2. The van der Waals surface area contributed by atoms with E-state index in [4.69, 9.17) is 0 Å². The van der Waals surface area contributed by atoms with Gasteiger partial charge in [-0.15, -0.1) is 0 Å². The molecule has 1 unspecified atom stereocenters. The maximum absolute atomic E-state index is 12.0. The average molecular weight is 414 g/mol. The molecule has 2 aromatic rings. The Morgan fingerprint density at radius 2 is 1.61 bits per heavy atom. The van der Waals surface area contributed by atoms with Crippen LogP contribution in [0.3, 0.4) is 0 Å². The number of carbonyl (C=O) groups is 1. The van der Waals surface area contributed by atoms with Gasteiger partial charge in [0.25, 0.3) is 0 Å². The molecule has 2 heteroatoms. The largest absolute Gasteiger partial charge is 0.300 e. The first-order valence-corrected chi connectivity index (χ1v) is 12.3. The molecule has 0 spiro atoms. The third-order valence-electron chi connectivity index (χ3n) is 7.85. The van der Waals surface area contributed by atoms with Crippen LogP contribution in [0.4, 0.5) is 0 Å². The minimum absolute atomic E-state index is 0.272. The van der Waals surface area contributed by atoms with E-state index in [0.717, 1.165) is 44.9 Å². The summed E-state index contributed by atoms with van der Waals surface area (Å²) >= 11 is 0. The van der Waals surface area contributed by atoms with Crippen molar-refractivity contribution < 1.29 is 4.79 Å². The Balaban J connectivity index is 1.39. The SMILES string of the molecule is CCCCc1ccc(-c2ccc(C3CCC(C#N)(C4CCCC(=O)C4)CC3)cc2)cc1. The molecule has 2 nitrogen and oxygen atoms in total. The highest BCUT2D eigenvalue weighted by Crippen LogP contribution is 2.50. The molecule has 0 saturated heterocycles. The van der Waals surface area contributed by atoms with Crippen molar-refractivity contribution in [1.29, 1.82) is 5.26 Å². The van der Waals surface area contributed by atoms with Crippen LogP contribution in [-0.4, -0.2) is 5.78 Å². The Kier molecular flexibility index (Phi) is 6.91. The lowest BCUT2D eigenvalue weighted by molar-refractivity contribution is -0.123. The maximum Gasteiger partial charge on any atom is 0.133 e. The summed E-state index contributed by atoms with van der Waals surface area (Å²) in [5.74, 6) is 1.18. The van der Waals surface area contributed by atoms with Crippen LogP contribution >= 0.6 is 0 Å². The van der Waals surface area contributed by atoms with Crippen LogP contribution in [-0.2, 0) is 11.2 Å². The van der Waals surface area contributed by atoms with Gasteiger partial charge in [0.2, 0.25) is 0 Å². The molecule has 1 atom stereocenters. The van der Waals surface area contributed by atoms with E-state index in [0.29, 0.717) is 24.5 Å². The summed E-state index contributed by atoms with van der Waals surface area (Å²) in [4.78, 5) is 12.0. The van der Waals surface area contributed by atoms with Gasteiger partial charge in [-0.3, -0.25) is 4.79 Å². The summed E-state index contributed by atoms with van der Waals surface area (Å²) in [7, 11) is 0. The second-order valence-corrected chi connectivity index (χ2v) is 9.80. The molecule has 2 aliphatic rings. The molecule has 4 rings (SSSR count). The van der Waals surface area contributed by atoms with Crippen molar-refractivity contribution in [3.05, 3.63) is 59.7 Å². The van der Waals surface area contributed by atoms with Gasteiger partial charge in [0.05, 0.1) is 11.5 Å². The van der Waals surface area contributed by atoms with E-state index in [9.17, 15) is 10.1 Å². The smallest absolute Gasteiger partial charge is 0.133 e. The van der Waals surface area contributed by atoms with Gasteiger partial charge < -0.3 is 0 Å². The predicted octanol–water partition coefficient (Wildman–Crippen LogP) is 7.62. The topological polar surface area (TPSA) is 40.9 Å². The van der Waals surface area contributed by atoms with Crippen LogP contribution in [0.1, 0.15) is 88.2 Å². The quantitative estimate of drug-likeness (QED) is 0.488. The van der Waals surface area contributed by atoms with Crippen molar-refractivity contribution >= 4 is 5.78 Å². The van der Waals surface area contributed by atoms with Crippen LogP contribution in [0, 0.1) is 22.7 Å². The molecule has 0 N–H and O–H groups in total. The van der Waals surface area contributed by atoms with Gasteiger partial charge in [-0.05, 0) is 85.5 Å². The summed E-state index contributed by atoms with van der Waals surface area (Å²) in [6.45, 7) is 2.24. The number of rotatable bonds is 6. The number of nitriles is 1. The molecule has 2 fully saturated rings. The predicted molar refractivity (Wildman–Crippen MR) is 127 cm³/mol. The van der Waals surface area contributed by atoms with Crippen molar-refractivity contribution in [3.8, 4) is 17.2 Å². The first-order chi connectivity index (χ1) is 15.1. The number of aryl methyl sites for hydroxylation is 1. The lowest BCUT2D eigenvalue weighted by Gasteiger charge is -2.42. The summed E-state index contributed by atoms with van der Waals surface area (Å²) in [5, 5.41) is 10.0. The zero-order chi connectivity index (χ0) is 21.7. The zero-order valence-corrected chi connectivity index (χ0v) is 18.9. The Labute approximate surface area is 187 Å². The molecule has 0 aromatic heterocycles. The summed E-state index contributed by atoms with van der Waals surface area (Å²) in [6, 6.07) is 20.8. The molecule has 0 radical (unpaired) electrons. The fourth-order valence-corrected chi connectivity index (χ4v) is 5.77. The standard InChI is InChI=1S/C29H35NO/c1-2-3-5-22-8-10-23(11-9-22)24-12-14-25(15-13-24)26-16-18-29(21-30,19-17-26)27-6-4-7-28(31)20-27/h8-15,26-27H,2-7,16-20H2,1H3. The third kappa shape index (κ3) is 4.93. The highest BCUT2D eigenvalue weighted by atomic mass is 16.1. The number of nitrogens with zero attached hydrogens (tertiary/aromatic N) is 1. The molecule has 0 bridgehead atoms. The normalized spacial score (nSPS) is 26.4.